The number of aryl methyl sites for hydroxylation is 1. The second kappa shape index (κ2) is 12.6. The first kappa shape index (κ1) is 27.7. The number of aldehydes is 1. The van der Waals surface area contributed by atoms with Gasteiger partial charge in [0, 0.05) is 50.2 Å². The molecule has 4 heteroatoms. The Kier molecular flexibility index (Phi) is 8.48. The molecule has 1 aromatic heterocycles. The molecule has 6 rings (SSSR count). The highest BCUT2D eigenvalue weighted by molar-refractivity contribution is 7.99. The highest BCUT2D eigenvalue weighted by Crippen LogP contribution is 2.49. The van der Waals surface area contributed by atoms with Crippen molar-refractivity contribution in [2.24, 2.45) is 0 Å². The molecule has 1 aliphatic rings. The Morgan fingerprint density at radius 2 is 1.29 bits per heavy atom. The van der Waals surface area contributed by atoms with Crippen LogP contribution in [0.25, 0.3) is 32.9 Å². The summed E-state index contributed by atoms with van der Waals surface area (Å²) >= 11 is 1.79. The van der Waals surface area contributed by atoms with E-state index in [1.807, 2.05) is 12.1 Å². The van der Waals surface area contributed by atoms with Gasteiger partial charge in [0.05, 0.1) is 11.4 Å². The van der Waals surface area contributed by atoms with Crippen LogP contribution in [0, 0.1) is 0 Å². The number of nitrogens with zero attached hydrogens (tertiary/aromatic N) is 2. The van der Waals surface area contributed by atoms with Crippen LogP contribution in [0.4, 0.5) is 11.4 Å². The number of carbonyl (C=O) groups excluding carboxylic acids is 1. The zero-order valence-corrected chi connectivity index (χ0v) is 25.2. The fourth-order valence-electron chi connectivity index (χ4n) is 6.26. The summed E-state index contributed by atoms with van der Waals surface area (Å²) in [6.07, 6.45) is 10.9. The smallest absolute Gasteiger partial charge is 0.150 e. The van der Waals surface area contributed by atoms with Crippen LogP contribution < -0.4 is 4.90 Å². The van der Waals surface area contributed by atoms with Crippen LogP contribution in [0.3, 0.4) is 0 Å². The fraction of sp³-hybridized carbons (Fsp3) is 0.324. The van der Waals surface area contributed by atoms with Crippen LogP contribution in [0.1, 0.15) is 75.6 Å². The van der Waals surface area contributed by atoms with Crippen molar-refractivity contribution in [1.82, 2.24) is 4.57 Å². The van der Waals surface area contributed by atoms with Gasteiger partial charge >= 0.3 is 0 Å². The first-order valence-electron chi connectivity index (χ1n) is 15.4. The Morgan fingerprint density at radius 3 is 2.07 bits per heavy atom. The molecule has 0 saturated carbocycles. The van der Waals surface area contributed by atoms with Crippen molar-refractivity contribution in [3.8, 4) is 11.1 Å². The minimum absolute atomic E-state index is 0.735. The van der Waals surface area contributed by atoms with E-state index in [-0.39, 0.29) is 0 Å². The maximum atomic E-state index is 11.6. The molecule has 0 N–H and O–H groups in total. The van der Waals surface area contributed by atoms with Gasteiger partial charge in [0.15, 0.2) is 0 Å². The van der Waals surface area contributed by atoms with Gasteiger partial charge in [-0.05, 0) is 72.5 Å². The number of anilines is 2. The standard InChI is InChI=1S/C37H40N2OS/c1-3-5-7-11-21-38-32-14-10-9-13-30(32)31-24-28(16-19-33(31)38)29-17-20-35-37(25-29)41-36-23-27(26-40)15-18-34(36)39(35)22-12-8-6-4-2/h9-10,13-20,23-26H,3-8,11-12,21-22H2,1-2H3. The Labute approximate surface area is 248 Å². The minimum Gasteiger partial charge on any atom is -0.340 e. The third-order valence-electron chi connectivity index (χ3n) is 8.46. The predicted molar refractivity (Wildman–Crippen MR) is 176 cm³/mol. The van der Waals surface area contributed by atoms with Gasteiger partial charge in [0.1, 0.15) is 6.29 Å². The molecule has 3 nitrogen and oxygen atoms in total. The van der Waals surface area contributed by atoms with Crippen molar-refractivity contribution in [1.29, 1.82) is 0 Å². The van der Waals surface area contributed by atoms with E-state index in [0.29, 0.717) is 0 Å². The molecular formula is C37H40N2OS. The largest absolute Gasteiger partial charge is 0.340 e. The van der Waals surface area contributed by atoms with E-state index >= 15 is 0 Å². The number of para-hydroxylation sites is 1. The Bertz CT molecular complexity index is 1680. The van der Waals surface area contributed by atoms with Crippen LogP contribution in [-0.2, 0) is 6.54 Å². The number of rotatable bonds is 12. The van der Waals surface area contributed by atoms with E-state index in [1.165, 1.54) is 94.1 Å². The summed E-state index contributed by atoms with van der Waals surface area (Å²) in [7, 11) is 0. The third kappa shape index (κ3) is 5.55. The van der Waals surface area contributed by atoms with Crippen LogP contribution in [0.5, 0.6) is 0 Å². The van der Waals surface area contributed by atoms with E-state index in [1.54, 1.807) is 11.8 Å². The number of fused-ring (bicyclic) bond motifs is 5. The van der Waals surface area contributed by atoms with Crippen LogP contribution in [0.15, 0.2) is 88.7 Å². The number of benzene rings is 4. The minimum atomic E-state index is 0.735. The lowest BCUT2D eigenvalue weighted by atomic mass is 10.0. The summed E-state index contributed by atoms with van der Waals surface area (Å²) < 4.78 is 2.52. The van der Waals surface area contributed by atoms with E-state index in [0.717, 1.165) is 36.3 Å². The molecule has 0 bridgehead atoms. The van der Waals surface area contributed by atoms with Crippen molar-refractivity contribution in [2.75, 3.05) is 11.4 Å². The summed E-state index contributed by atoms with van der Waals surface area (Å²) in [5, 5.41) is 2.67. The summed E-state index contributed by atoms with van der Waals surface area (Å²) in [5.41, 5.74) is 8.36. The summed E-state index contributed by atoms with van der Waals surface area (Å²) in [4.78, 5) is 16.4. The molecule has 2 heterocycles. The van der Waals surface area contributed by atoms with Crippen LogP contribution in [0.2, 0.25) is 0 Å². The van der Waals surface area contributed by atoms with Gasteiger partial charge < -0.3 is 9.47 Å². The average Bonchev–Trinajstić information content (AvgIpc) is 3.33. The van der Waals surface area contributed by atoms with Crippen molar-refractivity contribution >= 4 is 51.2 Å². The molecule has 5 aromatic rings. The molecule has 0 radical (unpaired) electrons. The van der Waals surface area contributed by atoms with Crippen LogP contribution >= 0.6 is 11.8 Å². The Hall–Kier alpha value is -3.50. The maximum absolute atomic E-state index is 11.6. The van der Waals surface area contributed by atoms with E-state index in [4.69, 9.17) is 0 Å². The van der Waals surface area contributed by atoms with Gasteiger partial charge in [-0.1, -0.05) is 94.5 Å². The van der Waals surface area contributed by atoms with Crippen molar-refractivity contribution in [3.05, 3.63) is 84.4 Å². The Morgan fingerprint density at radius 1 is 0.634 bits per heavy atom. The van der Waals surface area contributed by atoms with Gasteiger partial charge in [0.2, 0.25) is 0 Å². The van der Waals surface area contributed by atoms with Gasteiger partial charge in [-0.15, -0.1) is 0 Å². The molecule has 1 aliphatic heterocycles. The van der Waals surface area contributed by atoms with Crippen molar-refractivity contribution < 1.29 is 4.79 Å². The molecule has 0 fully saturated rings. The monoisotopic (exact) mass is 560 g/mol. The summed E-state index contributed by atoms with van der Waals surface area (Å²) in [6, 6.07) is 28.9. The molecule has 210 valence electrons. The number of unbranched alkanes of at least 4 members (excludes halogenated alkanes) is 6. The molecule has 4 aromatic carbocycles. The number of hydrogen-bond donors (Lipinski definition) is 0. The zero-order chi connectivity index (χ0) is 28.2. The lowest BCUT2D eigenvalue weighted by Crippen LogP contribution is -2.22. The maximum Gasteiger partial charge on any atom is 0.150 e. The molecule has 41 heavy (non-hydrogen) atoms. The fourth-order valence-corrected chi connectivity index (χ4v) is 7.45. The number of carbonyl (C=O) groups is 1. The van der Waals surface area contributed by atoms with Crippen molar-refractivity contribution in [2.45, 2.75) is 81.5 Å². The summed E-state index contributed by atoms with van der Waals surface area (Å²) in [6.45, 7) is 6.58. The first-order valence-corrected chi connectivity index (χ1v) is 16.2. The molecule has 0 amide bonds. The topological polar surface area (TPSA) is 25.2 Å². The van der Waals surface area contributed by atoms with Crippen LogP contribution in [-0.4, -0.2) is 17.4 Å². The zero-order valence-electron chi connectivity index (χ0n) is 24.4. The lowest BCUT2D eigenvalue weighted by molar-refractivity contribution is 0.112. The normalized spacial score (nSPS) is 12.6. The van der Waals surface area contributed by atoms with Crippen molar-refractivity contribution in [3.63, 3.8) is 0 Å². The summed E-state index contributed by atoms with van der Waals surface area (Å²) in [5.74, 6) is 0. The average molecular weight is 561 g/mol. The molecule has 0 saturated heterocycles. The Balaban J connectivity index is 1.37. The molecule has 0 aliphatic carbocycles. The molecule has 0 atom stereocenters. The number of hydrogen-bond acceptors (Lipinski definition) is 3. The lowest BCUT2D eigenvalue weighted by Gasteiger charge is -2.33. The van der Waals surface area contributed by atoms with E-state index < -0.39 is 0 Å². The molecule has 0 unspecified atom stereocenters. The highest BCUT2D eigenvalue weighted by Gasteiger charge is 2.24. The van der Waals surface area contributed by atoms with Gasteiger partial charge in [-0.3, -0.25) is 4.79 Å². The predicted octanol–water partition coefficient (Wildman–Crippen LogP) is 11.0. The molecule has 0 spiro atoms. The third-order valence-corrected chi connectivity index (χ3v) is 9.55. The van der Waals surface area contributed by atoms with E-state index in [2.05, 4.69) is 90.0 Å². The second-order valence-electron chi connectivity index (χ2n) is 11.3. The highest BCUT2D eigenvalue weighted by atomic mass is 32.2. The second-order valence-corrected chi connectivity index (χ2v) is 12.4. The van der Waals surface area contributed by atoms with Gasteiger partial charge in [-0.25, -0.2) is 0 Å². The van der Waals surface area contributed by atoms with Gasteiger partial charge in [0.25, 0.3) is 0 Å². The van der Waals surface area contributed by atoms with Gasteiger partial charge in [-0.2, -0.15) is 0 Å². The number of aromatic nitrogens is 1. The SMILES string of the molecule is CCCCCCN1c2ccc(C=O)cc2Sc2cc(-c3ccc4c(c3)c3ccccc3n4CCCCCC)ccc21. The molecular weight excluding hydrogens is 520 g/mol. The quantitative estimate of drug-likeness (QED) is 0.112. The van der Waals surface area contributed by atoms with E-state index in [9.17, 15) is 4.79 Å². The first-order chi connectivity index (χ1) is 20.2.